The maximum Gasteiger partial charge on any atom is 0.243 e. The fourth-order valence-electron chi connectivity index (χ4n) is 4.93. The highest BCUT2D eigenvalue weighted by Gasteiger charge is 2.40. The fourth-order valence-corrected chi connectivity index (χ4v) is 5.42. The van der Waals surface area contributed by atoms with Gasteiger partial charge in [-0.25, -0.2) is 0 Å². The second-order valence-corrected chi connectivity index (χ2v) is 8.37. The number of anilines is 1. The summed E-state index contributed by atoms with van der Waals surface area (Å²) >= 11 is 4.78. The first-order chi connectivity index (χ1) is 12.6. The third kappa shape index (κ3) is 2.64. The number of nitrogens with one attached hydrogen (secondary N) is 2. The van der Waals surface area contributed by atoms with Crippen LogP contribution >= 0.6 is 12.6 Å². The molecule has 5 aliphatic rings. The van der Waals surface area contributed by atoms with Crippen LogP contribution in [0.1, 0.15) is 42.2 Å². The molecule has 2 amide bonds. The average molecular weight is 372 g/mol. The van der Waals surface area contributed by atoms with Crippen LogP contribution in [-0.2, 0) is 16.1 Å². The molecular weight excluding hydrogens is 348 g/mol. The highest BCUT2D eigenvalue weighted by molar-refractivity contribution is 7.80. The monoisotopic (exact) mass is 372 g/mol. The molecule has 2 bridgehead atoms. The molecule has 4 unspecified atom stereocenters. The Bertz CT molecular complexity index is 762. The summed E-state index contributed by atoms with van der Waals surface area (Å²) in [6.07, 6.45) is 3.50. The minimum Gasteiger partial charge on any atom is -0.366 e. The van der Waals surface area contributed by atoms with E-state index in [1.807, 2.05) is 0 Å². The van der Waals surface area contributed by atoms with Crippen molar-refractivity contribution in [2.75, 3.05) is 18.0 Å². The number of imide groups is 1. The van der Waals surface area contributed by atoms with E-state index in [9.17, 15) is 9.59 Å². The van der Waals surface area contributed by atoms with Crippen LogP contribution in [-0.4, -0.2) is 47.9 Å². The average Bonchev–Trinajstić information content (AvgIpc) is 2.98. The van der Waals surface area contributed by atoms with Crippen molar-refractivity contribution in [3.8, 4) is 0 Å². The number of hydrogen-bond acceptors (Lipinski definition) is 6. The molecule has 1 aromatic carbocycles. The number of fused-ring (bicyclic) bond motifs is 4. The summed E-state index contributed by atoms with van der Waals surface area (Å²) in [4.78, 5) is 28.4. The summed E-state index contributed by atoms with van der Waals surface area (Å²) in [5, 5.41) is 5.97. The normalized spacial score (nSPS) is 34.1. The van der Waals surface area contributed by atoms with Gasteiger partial charge in [0.05, 0.1) is 11.4 Å². The minimum absolute atomic E-state index is 0.0949. The van der Waals surface area contributed by atoms with E-state index in [2.05, 4.69) is 38.6 Å². The molecule has 7 heteroatoms. The zero-order valence-electron chi connectivity index (χ0n) is 14.6. The molecule has 5 heterocycles. The van der Waals surface area contributed by atoms with E-state index >= 15 is 0 Å². The number of carbonyl (C=O) groups excluding carboxylic acids is 2. The molecule has 2 N–H and O–H groups in total. The van der Waals surface area contributed by atoms with E-state index in [0.29, 0.717) is 31.5 Å². The number of carbonyl (C=O) groups is 2. The van der Waals surface area contributed by atoms with Gasteiger partial charge in [-0.2, -0.15) is 12.6 Å². The van der Waals surface area contributed by atoms with Crippen molar-refractivity contribution < 1.29 is 9.59 Å². The minimum atomic E-state index is -0.277. The summed E-state index contributed by atoms with van der Waals surface area (Å²) in [7, 11) is 0. The predicted octanol–water partition coefficient (Wildman–Crippen LogP) is 1.18. The van der Waals surface area contributed by atoms with Crippen LogP contribution in [0.25, 0.3) is 0 Å². The molecule has 0 aliphatic carbocycles. The molecule has 0 radical (unpaired) electrons. The van der Waals surface area contributed by atoms with Crippen LogP contribution < -0.4 is 15.5 Å². The zero-order chi connectivity index (χ0) is 17.8. The van der Waals surface area contributed by atoms with Gasteiger partial charge < -0.3 is 10.2 Å². The van der Waals surface area contributed by atoms with E-state index < -0.39 is 0 Å². The number of hydrogen-bond donors (Lipinski definition) is 3. The largest absolute Gasteiger partial charge is 0.366 e. The zero-order valence-corrected chi connectivity index (χ0v) is 15.5. The summed E-state index contributed by atoms with van der Waals surface area (Å²) in [5.41, 5.74) is 3.72. The van der Waals surface area contributed by atoms with Gasteiger partial charge in [0, 0.05) is 43.8 Å². The van der Waals surface area contributed by atoms with Gasteiger partial charge in [-0.1, -0.05) is 6.07 Å². The Hall–Kier alpha value is -1.57. The van der Waals surface area contributed by atoms with E-state index in [4.69, 9.17) is 12.6 Å². The molecule has 0 spiro atoms. The van der Waals surface area contributed by atoms with Gasteiger partial charge in [0.1, 0.15) is 0 Å². The van der Waals surface area contributed by atoms with Crippen LogP contribution in [0.3, 0.4) is 0 Å². The van der Waals surface area contributed by atoms with Crippen LogP contribution in [0.4, 0.5) is 5.69 Å². The lowest BCUT2D eigenvalue weighted by Gasteiger charge is -2.47. The number of benzene rings is 1. The molecule has 6 nitrogen and oxygen atoms in total. The molecule has 4 saturated heterocycles. The van der Waals surface area contributed by atoms with Gasteiger partial charge in [0.2, 0.25) is 11.8 Å². The molecule has 4 atom stereocenters. The SMILES string of the molecule is O=C1CCC(N2Cc3cc(N4CC5CCC4CN5)ccc3C2S)C(=O)N1. The maximum absolute atomic E-state index is 12.3. The third-order valence-corrected chi connectivity index (χ3v) is 6.94. The van der Waals surface area contributed by atoms with Crippen molar-refractivity contribution >= 4 is 30.1 Å². The first kappa shape index (κ1) is 16.6. The van der Waals surface area contributed by atoms with Gasteiger partial charge in [-0.3, -0.25) is 19.8 Å². The molecule has 5 aliphatic heterocycles. The van der Waals surface area contributed by atoms with Crippen molar-refractivity contribution in [2.45, 2.75) is 55.7 Å². The molecule has 4 fully saturated rings. The van der Waals surface area contributed by atoms with Crippen LogP contribution in [0.5, 0.6) is 0 Å². The Labute approximate surface area is 158 Å². The fraction of sp³-hybridized carbons (Fsp3) is 0.579. The predicted molar refractivity (Wildman–Crippen MR) is 102 cm³/mol. The lowest BCUT2D eigenvalue weighted by Crippen LogP contribution is -2.61. The number of amides is 2. The van der Waals surface area contributed by atoms with Crippen molar-refractivity contribution in [1.29, 1.82) is 0 Å². The Morgan fingerprint density at radius 2 is 2.04 bits per heavy atom. The van der Waals surface area contributed by atoms with Crippen molar-refractivity contribution in [2.24, 2.45) is 0 Å². The summed E-state index contributed by atoms with van der Waals surface area (Å²) in [5.74, 6) is -0.359. The number of piperazine rings is 1. The molecule has 26 heavy (non-hydrogen) atoms. The van der Waals surface area contributed by atoms with Gasteiger partial charge in [-0.05, 0) is 42.5 Å². The topological polar surface area (TPSA) is 64.7 Å². The van der Waals surface area contributed by atoms with Gasteiger partial charge >= 0.3 is 0 Å². The number of piperidine rings is 3. The third-order valence-electron chi connectivity index (χ3n) is 6.36. The number of thiol groups is 1. The van der Waals surface area contributed by atoms with Crippen LogP contribution in [0, 0.1) is 0 Å². The van der Waals surface area contributed by atoms with Gasteiger partial charge in [0.15, 0.2) is 0 Å². The quantitative estimate of drug-likeness (QED) is 0.537. The molecule has 138 valence electrons. The van der Waals surface area contributed by atoms with Gasteiger partial charge in [-0.15, -0.1) is 0 Å². The molecule has 0 aromatic heterocycles. The van der Waals surface area contributed by atoms with Gasteiger partial charge in [0.25, 0.3) is 0 Å². The Balaban J connectivity index is 1.38. The second kappa shape index (κ2) is 6.25. The lowest BCUT2D eigenvalue weighted by molar-refractivity contribution is -0.137. The maximum atomic E-state index is 12.3. The number of nitrogens with zero attached hydrogens (tertiary/aromatic N) is 2. The van der Waals surface area contributed by atoms with Crippen LogP contribution in [0.15, 0.2) is 18.2 Å². The second-order valence-electron chi connectivity index (χ2n) is 7.88. The van der Waals surface area contributed by atoms with E-state index in [1.165, 1.54) is 29.7 Å². The molecular formula is C19H24N4O2S. The standard InChI is InChI=1S/C19H24N4O2S/c24-17-6-5-16(18(25)21-17)23-9-11-7-13(3-4-15(11)19(23)26)22-10-12-1-2-14(22)8-20-12/h3-4,7,12,14,16,19-20,26H,1-2,5-6,8-10H2,(H,21,24,25). The Kier molecular flexibility index (Phi) is 3.99. The van der Waals surface area contributed by atoms with E-state index in [-0.39, 0.29) is 23.2 Å². The lowest BCUT2D eigenvalue weighted by atomic mass is 9.92. The molecule has 0 saturated carbocycles. The van der Waals surface area contributed by atoms with E-state index in [0.717, 1.165) is 13.1 Å². The van der Waals surface area contributed by atoms with Crippen molar-refractivity contribution in [3.05, 3.63) is 29.3 Å². The van der Waals surface area contributed by atoms with Crippen molar-refractivity contribution in [3.63, 3.8) is 0 Å². The Morgan fingerprint density at radius 3 is 2.73 bits per heavy atom. The first-order valence-electron chi connectivity index (χ1n) is 9.50. The Morgan fingerprint density at radius 1 is 1.15 bits per heavy atom. The van der Waals surface area contributed by atoms with Crippen molar-refractivity contribution in [1.82, 2.24) is 15.5 Å². The molecule has 6 rings (SSSR count). The smallest absolute Gasteiger partial charge is 0.243 e. The van der Waals surface area contributed by atoms with Crippen LogP contribution in [0.2, 0.25) is 0 Å². The summed E-state index contributed by atoms with van der Waals surface area (Å²) < 4.78 is 0. The highest BCUT2D eigenvalue weighted by Crippen LogP contribution is 2.41. The summed E-state index contributed by atoms with van der Waals surface area (Å²) in [6.45, 7) is 2.85. The molecule has 1 aromatic rings. The highest BCUT2D eigenvalue weighted by atomic mass is 32.1. The summed E-state index contributed by atoms with van der Waals surface area (Å²) in [6, 6.07) is 7.57. The number of rotatable bonds is 2. The van der Waals surface area contributed by atoms with E-state index in [1.54, 1.807) is 0 Å². The first-order valence-corrected chi connectivity index (χ1v) is 10.0.